The summed E-state index contributed by atoms with van der Waals surface area (Å²) in [5.41, 5.74) is 4.16. The summed E-state index contributed by atoms with van der Waals surface area (Å²) < 4.78 is 16.1. The lowest BCUT2D eigenvalue weighted by Gasteiger charge is -2.08. The maximum atomic E-state index is 13.8. The number of fused-ring (bicyclic) bond motifs is 3. The Bertz CT molecular complexity index is 1020. The number of benzene rings is 3. The molecule has 0 amide bonds. The van der Waals surface area contributed by atoms with E-state index in [1.807, 2.05) is 12.1 Å². The molecule has 3 aromatic carbocycles. The van der Waals surface area contributed by atoms with Gasteiger partial charge in [-0.2, -0.15) is 0 Å². The standard InChI is InChI=1S/C21H19FN2/c1-2-24-20-10-6-4-8-17(20)18-13-16(11-12-21(18)24)23-14-15-7-3-5-9-19(15)22/h3-13,23H,2,14H2,1H3. The van der Waals surface area contributed by atoms with Gasteiger partial charge in [-0.25, -0.2) is 4.39 Å². The van der Waals surface area contributed by atoms with Crippen LogP contribution in [0.15, 0.2) is 66.7 Å². The summed E-state index contributed by atoms with van der Waals surface area (Å²) >= 11 is 0. The molecule has 0 atom stereocenters. The smallest absolute Gasteiger partial charge is 0.128 e. The van der Waals surface area contributed by atoms with E-state index in [-0.39, 0.29) is 5.82 Å². The van der Waals surface area contributed by atoms with Crippen LogP contribution in [0.5, 0.6) is 0 Å². The van der Waals surface area contributed by atoms with Crippen molar-refractivity contribution in [3.8, 4) is 0 Å². The van der Waals surface area contributed by atoms with Gasteiger partial charge in [0.25, 0.3) is 0 Å². The van der Waals surface area contributed by atoms with E-state index in [1.165, 1.54) is 27.9 Å². The molecule has 1 heterocycles. The van der Waals surface area contributed by atoms with Crippen molar-refractivity contribution in [2.75, 3.05) is 5.32 Å². The molecule has 4 aromatic rings. The van der Waals surface area contributed by atoms with Crippen LogP contribution in [0, 0.1) is 5.82 Å². The van der Waals surface area contributed by atoms with Gasteiger partial charge in [0.1, 0.15) is 5.82 Å². The summed E-state index contributed by atoms with van der Waals surface area (Å²) in [6.07, 6.45) is 0. The van der Waals surface area contributed by atoms with Crippen molar-refractivity contribution in [3.05, 3.63) is 78.1 Å². The average molecular weight is 318 g/mol. The van der Waals surface area contributed by atoms with E-state index < -0.39 is 0 Å². The van der Waals surface area contributed by atoms with Crippen LogP contribution in [-0.4, -0.2) is 4.57 Å². The molecular formula is C21H19FN2. The van der Waals surface area contributed by atoms with E-state index in [9.17, 15) is 4.39 Å². The first kappa shape index (κ1) is 14.8. The van der Waals surface area contributed by atoms with Crippen LogP contribution in [-0.2, 0) is 13.1 Å². The lowest BCUT2D eigenvalue weighted by Crippen LogP contribution is -2.01. The van der Waals surface area contributed by atoms with Gasteiger partial charge >= 0.3 is 0 Å². The molecule has 0 aliphatic carbocycles. The fourth-order valence-electron chi connectivity index (χ4n) is 3.34. The number of halogens is 1. The Hall–Kier alpha value is -2.81. The number of aryl methyl sites for hydroxylation is 1. The number of aromatic nitrogens is 1. The quantitative estimate of drug-likeness (QED) is 0.521. The van der Waals surface area contributed by atoms with Gasteiger partial charge in [-0.05, 0) is 37.3 Å². The van der Waals surface area contributed by atoms with Crippen molar-refractivity contribution in [3.63, 3.8) is 0 Å². The Labute approximate surface area is 140 Å². The van der Waals surface area contributed by atoms with Crippen LogP contribution < -0.4 is 5.32 Å². The Morgan fingerprint density at radius 1 is 0.875 bits per heavy atom. The number of hydrogen-bond acceptors (Lipinski definition) is 1. The number of para-hydroxylation sites is 1. The monoisotopic (exact) mass is 318 g/mol. The van der Waals surface area contributed by atoms with Crippen molar-refractivity contribution >= 4 is 27.5 Å². The zero-order valence-electron chi connectivity index (χ0n) is 13.6. The van der Waals surface area contributed by atoms with Gasteiger partial charge in [0.15, 0.2) is 0 Å². The number of rotatable bonds is 4. The summed E-state index contributed by atoms with van der Waals surface area (Å²) in [6.45, 7) is 3.58. The van der Waals surface area contributed by atoms with Crippen LogP contribution in [0.3, 0.4) is 0 Å². The molecule has 120 valence electrons. The van der Waals surface area contributed by atoms with Crippen LogP contribution in [0.25, 0.3) is 21.8 Å². The van der Waals surface area contributed by atoms with Gasteiger partial charge in [-0.15, -0.1) is 0 Å². The summed E-state index contributed by atoms with van der Waals surface area (Å²) in [6, 6.07) is 21.7. The largest absolute Gasteiger partial charge is 0.381 e. The minimum Gasteiger partial charge on any atom is -0.381 e. The second kappa shape index (κ2) is 6.00. The number of nitrogens with zero attached hydrogens (tertiary/aromatic N) is 1. The lowest BCUT2D eigenvalue weighted by atomic mass is 10.1. The summed E-state index contributed by atoms with van der Waals surface area (Å²) in [4.78, 5) is 0. The molecule has 0 spiro atoms. The van der Waals surface area contributed by atoms with E-state index in [4.69, 9.17) is 0 Å². The number of hydrogen-bond donors (Lipinski definition) is 1. The molecule has 2 nitrogen and oxygen atoms in total. The molecule has 3 heteroatoms. The van der Waals surface area contributed by atoms with Crippen LogP contribution in [0.1, 0.15) is 12.5 Å². The number of anilines is 1. The molecule has 24 heavy (non-hydrogen) atoms. The van der Waals surface area contributed by atoms with E-state index >= 15 is 0 Å². The third-order valence-corrected chi connectivity index (χ3v) is 4.53. The van der Waals surface area contributed by atoms with Gasteiger partial charge in [0.2, 0.25) is 0 Å². The lowest BCUT2D eigenvalue weighted by molar-refractivity contribution is 0.613. The first-order chi connectivity index (χ1) is 11.8. The van der Waals surface area contributed by atoms with E-state index in [1.54, 1.807) is 6.07 Å². The molecule has 4 rings (SSSR count). The van der Waals surface area contributed by atoms with Crippen LogP contribution in [0.4, 0.5) is 10.1 Å². The van der Waals surface area contributed by atoms with E-state index in [0.717, 1.165) is 12.2 Å². The first-order valence-corrected chi connectivity index (χ1v) is 8.26. The molecular weight excluding hydrogens is 299 g/mol. The molecule has 1 N–H and O–H groups in total. The third kappa shape index (κ3) is 2.42. The molecule has 0 fully saturated rings. The van der Waals surface area contributed by atoms with Gasteiger partial charge in [-0.3, -0.25) is 0 Å². The summed E-state index contributed by atoms with van der Waals surface area (Å²) in [7, 11) is 0. The molecule has 0 unspecified atom stereocenters. The van der Waals surface area contributed by atoms with Gasteiger partial charge in [0, 0.05) is 46.1 Å². The second-order valence-electron chi connectivity index (χ2n) is 5.94. The maximum Gasteiger partial charge on any atom is 0.128 e. The fraction of sp³-hybridized carbons (Fsp3) is 0.143. The Morgan fingerprint density at radius 3 is 2.46 bits per heavy atom. The highest BCUT2D eigenvalue weighted by Crippen LogP contribution is 2.31. The van der Waals surface area contributed by atoms with E-state index in [2.05, 4.69) is 59.3 Å². The highest BCUT2D eigenvalue weighted by atomic mass is 19.1. The van der Waals surface area contributed by atoms with Gasteiger partial charge in [0.05, 0.1) is 0 Å². The number of nitrogens with one attached hydrogen (secondary N) is 1. The van der Waals surface area contributed by atoms with E-state index in [0.29, 0.717) is 12.1 Å². The van der Waals surface area contributed by atoms with Crippen molar-refractivity contribution in [1.82, 2.24) is 4.57 Å². The summed E-state index contributed by atoms with van der Waals surface area (Å²) in [5, 5.41) is 5.82. The second-order valence-corrected chi connectivity index (χ2v) is 5.94. The highest BCUT2D eigenvalue weighted by molar-refractivity contribution is 6.09. The molecule has 0 saturated heterocycles. The van der Waals surface area contributed by atoms with Crippen LogP contribution >= 0.6 is 0 Å². The maximum absolute atomic E-state index is 13.8. The van der Waals surface area contributed by atoms with Gasteiger partial charge in [-0.1, -0.05) is 36.4 Å². The third-order valence-electron chi connectivity index (χ3n) is 4.53. The average Bonchev–Trinajstić information content (AvgIpc) is 2.94. The highest BCUT2D eigenvalue weighted by Gasteiger charge is 2.09. The van der Waals surface area contributed by atoms with Crippen molar-refractivity contribution in [2.24, 2.45) is 0 Å². The predicted octanol–water partition coefficient (Wildman–Crippen LogP) is 5.57. The topological polar surface area (TPSA) is 17.0 Å². The SMILES string of the molecule is CCn1c2ccccc2c2cc(NCc3ccccc3F)ccc21. The van der Waals surface area contributed by atoms with Crippen LogP contribution in [0.2, 0.25) is 0 Å². The van der Waals surface area contributed by atoms with Crippen molar-refractivity contribution in [1.29, 1.82) is 0 Å². The molecule has 0 aliphatic heterocycles. The Kier molecular flexibility index (Phi) is 3.69. The van der Waals surface area contributed by atoms with Crippen molar-refractivity contribution < 1.29 is 4.39 Å². The molecule has 0 saturated carbocycles. The summed E-state index contributed by atoms with van der Waals surface area (Å²) in [5.74, 6) is -0.173. The zero-order valence-corrected chi connectivity index (χ0v) is 13.6. The Morgan fingerprint density at radius 2 is 1.62 bits per heavy atom. The van der Waals surface area contributed by atoms with Gasteiger partial charge < -0.3 is 9.88 Å². The molecule has 0 aliphatic rings. The molecule has 0 radical (unpaired) electrons. The van der Waals surface area contributed by atoms with Crippen molar-refractivity contribution in [2.45, 2.75) is 20.0 Å². The minimum absolute atomic E-state index is 0.173. The predicted molar refractivity (Wildman–Crippen MR) is 98.8 cm³/mol. The zero-order chi connectivity index (χ0) is 16.5. The normalized spacial score (nSPS) is 11.2. The first-order valence-electron chi connectivity index (χ1n) is 8.26. The molecule has 0 bridgehead atoms. The minimum atomic E-state index is -0.173. The Balaban J connectivity index is 1.73. The molecule has 1 aromatic heterocycles. The fourth-order valence-corrected chi connectivity index (χ4v) is 3.34.